The van der Waals surface area contributed by atoms with Gasteiger partial charge in [0.15, 0.2) is 6.17 Å². The summed E-state index contributed by atoms with van der Waals surface area (Å²) in [7, 11) is -0.393. The molecule has 1 aromatic rings. The monoisotopic (exact) mass is 355 g/mol. The first-order valence-electron chi connectivity index (χ1n) is 8.69. The van der Waals surface area contributed by atoms with Crippen LogP contribution in [0, 0.1) is 0 Å². The van der Waals surface area contributed by atoms with E-state index in [-0.39, 0.29) is 23.7 Å². The Kier molecular flexibility index (Phi) is 4.94. The quantitative estimate of drug-likeness (QED) is 0.758. The molecule has 0 amide bonds. The van der Waals surface area contributed by atoms with Crippen LogP contribution in [0.2, 0.25) is 0 Å². The first kappa shape index (κ1) is 18.7. The predicted molar refractivity (Wildman–Crippen MR) is 92.2 cm³/mol. The Morgan fingerprint density at radius 1 is 1.04 bits per heavy atom. The van der Waals surface area contributed by atoms with Gasteiger partial charge < -0.3 is 9.31 Å². The van der Waals surface area contributed by atoms with Crippen molar-refractivity contribution < 1.29 is 22.5 Å². The molecule has 0 aliphatic carbocycles. The van der Waals surface area contributed by atoms with Crippen LogP contribution in [0.4, 0.5) is 13.2 Å². The molecule has 3 rings (SSSR count). The SMILES string of the molecule is CC1(C)OB(c2ccc(C3CN(CC(F)C(F)F)C3)cc2)OC1(C)C. The van der Waals surface area contributed by atoms with Crippen molar-refractivity contribution in [2.24, 2.45) is 0 Å². The zero-order valence-corrected chi connectivity index (χ0v) is 15.1. The molecule has 3 nitrogen and oxygen atoms in total. The highest BCUT2D eigenvalue weighted by Crippen LogP contribution is 2.36. The molecule has 1 aromatic carbocycles. The maximum absolute atomic E-state index is 13.1. The molecule has 2 saturated heterocycles. The number of hydrogen-bond acceptors (Lipinski definition) is 3. The summed E-state index contributed by atoms with van der Waals surface area (Å²) < 4.78 is 49.6. The fourth-order valence-electron chi connectivity index (χ4n) is 3.16. The van der Waals surface area contributed by atoms with Crippen molar-refractivity contribution in [2.75, 3.05) is 19.6 Å². The zero-order chi connectivity index (χ0) is 18.4. The Labute approximate surface area is 147 Å². The Morgan fingerprint density at radius 2 is 1.56 bits per heavy atom. The second-order valence-electron chi connectivity index (χ2n) is 8.02. The summed E-state index contributed by atoms with van der Waals surface area (Å²) in [6, 6.07) is 8.00. The predicted octanol–water partition coefficient (Wildman–Crippen LogP) is 2.99. The average Bonchev–Trinajstić information content (AvgIpc) is 2.70. The Balaban J connectivity index is 1.56. The minimum Gasteiger partial charge on any atom is -0.399 e. The van der Waals surface area contributed by atoms with Gasteiger partial charge in [0.05, 0.1) is 11.2 Å². The lowest BCUT2D eigenvalue weighted by molar-refractivity contribution is 0.00578. The number of benzene rings is 1. The van der Waals surface area contributed by atoms with Crippen molar-refractivity contribution in [1.82, 2.24) is 4.90 Å². The lowest BCUT2D eigenvalue weighted by Gasteiger charge is -2.40. The second kappa shape index (κ2) is 6.60. The van der Waals surface area contributed by atoms with E-state index in [9.17, 15) is 13.2 Å². The number of hydrogen-bond donors (Lipinski definition) is 0. The maximum atomic E-state index is 13.1. The molecule has 0 N–H and O–H groups in total. The van der Waals surface area contributed by atoms with Gasteiger partial charge in [-0.25, -0.2) is 13.2 Å². The minimum atomic E-state index is -2.90. The van der Waals surface area contributed by atoms with Crippen LogP contribution in [-0.2, 0) is 9.31 Å². The molecule has 138 valence electrons. The fraction of sp³-hybridized carbons (Fsp3) is 0.667. The molecule has 1 atom stereocenters. The summed E-state index contributed by atoms with van der Waals surface area (Å²) in [5.74, 6) is 0.261. The van der Waals surface area contributed by atoms with Crippen molar-refractivity contribution in [3.8, 4) is 0 Å². The van der Waals surface area contributed by atoms with Crippen LogP contribution < -0.4 is 5.46 Å². The van der Waals surface area contributed by atoms with Gasteiger partial charge in [-0.2, -0.15) is 0 Å². The van der Waals surface area contributed by atoms with Crippen LogP contribution in [0.25, 0.3) is 0 Å². The summed E-state index contributed by atoms with van der Waals surface area (Å²) >= 11 is 0. The summed E-state index contributed by atoms with van der Waals surface area (Å²) in [6.45, 7) is 9.10. The number of alkyl halides is 3. The zero-order valence-electron chi connectivity index (χ0n) is 15.1. The van der Waals surface area contributed by atoms with Crippen LogP contribution in [0.5, 0.6) is 0 Å². The van der Waals surface area contributed by atoms with Crippen molar-refractivity contribution in [3.05, 3.63) is 29.8 Å². The molecular weight excluding hydrogens is 330 g/mol. The van der Waals surface area contributed by atoms with E-state index in [1.165, 1.54) is 0 Å². The van der Waals surface area contributed by atoms with E-state index in [1.807, 2.05) is 52.0 Å². The number of halogens is 3. The topological polar surface area (TPSA) is 21.7 Å². The van der Waals surface area contributed by atoms with E-state index in [0.29, 0.717) is 13.1 Å². The largest absolute Gasteiger partial charge is 0.494 e. The van der Waals surface area contributed by atoms with E-state index in [2.05, 4.69) is 0 Å². The van der Waals surface area contributed by atoms with E-state index in [0.717, 1.165) is 11.0 Å². The van der Waals surface area contributed by atoms with Gasteiger partial charge in [0, 0.05) is 25.6 Å². The molecule has 0 bridgehead atoms. The average molecular weight is 355 g/mol. The summed E-state index contributed by atoms with van der Waals surface area (Å²) in [4.78, 5) is 1.73. The number of likely N-dealkylation sites (tertiary alicyclic amines) is 1. The smallest absolute Gasteiger partial charge is 0.399 e. The summed E-state index contributed by atoms with van der Waals surface area (Å²) in [5, 5.41) is 0. The van der Waals surface area contributed by atoms with Gasteiger partial charge in [-0.15, -0.1) is 0 Å². The van der Waals surface area contributed by atoms with Crippen molar-refractivity contribution >= 4 is 12.6 Å². The highest BCUT2D eigenvalue weighted by Gasteiger charge is 2.51. The standard InChI is InChI=1S/C18H25BF3NO2/c1-17(2)18(3,4)25-19(24-17)14-7-5-12(6-8-14)13-9-23(10-13)11-15(20)16(21)22/h5-8,13,15-16H,9-11H2,1-4H3. The molecular formula is C18H25BF3NO2. The van der Waals surface area contributed by atoms with E-state index < -0.39 is 19.7 Å². The Bertz CT molecular complexity index is 587. The van der Waals surface area contributed by atoms with Gasteiger partial charge in [0.1, 0.15) is 0 Å². The molecule has 2 fully saturated rings. The summed E-state index contributed by atoms with van der Waals surface area (Å²) in [6.07, 6.45) is -4.97. The Hall–Kier alpha value is -1.05. The maximum Gasteiger partial charge on any atom is 0.494 e. The van der Waals surface area contributed by atoms with Gasteiger partial charge in [-0.1, -0.05) is 24.3 Å². The van der Waals surface area contributed by atoms with Crippen molar-refractivity contribution in [3.63, 3.8) is 0 Å². The van der Waals surface area contributed by atoms with Gasteiger partial charge >= 0.3 is 7.12 Å². The number of rotatable bonds is 5. The molecule has 0 saturated carbocycles. The first-order chi connectivity index (χ1) is 11.6. The molecule has 25 heavy (non-hydrogen) atoms. The minimum absolute atomic E-state index is 0.194. The highest BCUT2D eigenvalue weighted by atomic mass is 19.3. The highest BCUT2D eigenvalue weighted by molar-refractivity contribution is 6.62. The molecule has 2 aliphatic heterocycles. The lowest BCUT2D eigenvalue weighted by Crippen LogP contribution is -2.48. The molecule has 1 unspecified atom stereocenters. The van der Waals surface area contributed by atoms with Crippen molar-refractivity contribution in [2.45, 2.75) is 57.4 Å². The van der Waals surface area contributed by atoms with E-state index in [4.69, 9.17) is 9.31 Å². The molecule has 0 spiro atoms. The van der Waals surface area contributed by atoms with Crippen LogP contribution in [0.1, 0.15) is 39.2 Å². The van der Waals surface area contributed by atoms with Crippen LogP contribution in [0.15, 0.2) is 24.3 Å². The first-order valence-corrected chi connectivity index (χ1v) is 8.69. The lowest BCUT2D eigenvalue weighted by atomic mass is 9.78. The molecule has 2 aliphatic rings. The second-order valence-corrected chi connectivity index (χ2v) is 8.02. The van der Waals surface area contributed by atoms with Crippen LogP contribution in [-0.4, -0.2) is 55.5 Å². The fourth-order valence-corrected chi connectivity index (χ4v) is 3.16. The van der Waals surface area contributed by atoms with Gasteiger partial charge in [-0.3, -0.25) is 4.90 Å². The number of nitrogens with zero attached hydrogens (tertiary/aromatic N) is 1. The molecule has 2 heterocycles. The third kappa shape index (κ3) is 3.73. The van der Waals surface area contributed by atoms with Crippen molar-refractivity contribution in [1.29, 1.82) is 0 Å². The third-order valence-electron chi connectivity index (χ3n) is 5.60. The van der Waals surface area contributed by atoms with Crippen LogP contribution >= 0.6 is 0 Å². The van der Waals surface area contributed by atoms with Gasteiger partial charge in [0.2, 0.25) is 0 Å². The van der Waals surface area contributed by atoms with Gasteiger partial charge in [0.25, 0.3) is 6.43 Å². The third-order valence-corrected chi connectivity index (χ3v) is 5.60. The molecule has 0 aromatic heterocycles. The normalized spacial score (nSPS) is 24.6. The summed E-state index contributed by atoms with van der Waals surface area (Å²) in [5.41, 5.74) is 1.33. The van der Waals surface area contributed by atoms with E-state index in [1.54, 1.807) is 4.90 Å². The van der Waals surface area contributed by atoms with E-state index >= 15 is 0 Å². The molecule has 7 heteroatoms. The van der Waals surface area contributed by atoms with Crippen LogP contribution in [0.3, 0.4) is 0 Å². The van der Waals surface area contributed by atoms with Gasteiger partial charge in [-0.05, 0) is 38.7 Å². The Morgan fingerprint density at radius 3 is 2.04 bits per heavy atom. The molecule has 0 radical (unpaired) electrons.